The van der Waals surface area contributed by atoms with Crippen molar-refractivity contribution < 1.29 is 30.0 Å². The van der Waals surface area contributed by atoms with Gasteiger partial charge in [-0.25, -0.2) is 0 Å². The molecule has 0 unspecified atom stereocenters. The SMILES string of the molecule is Nc1cc(C(=O)NC[C@H](O)CO)cc(C(=O)NC[C@H](O)CO)c1. The number of aliphatic hydroxyl groups excluding tert-OH is 4. The summed E-state index contributed by atoms with van der Waals surface area (Å²) in [4.78, 5) is 23.9. The van der Waals surface area contributed by atoms with Gasteiger partial charge in [-0.05, 0) is 18.2 Å². The molecule has 0 saturated carbocycles. The molecule has 0 aliphatic heterocycles. The maximum absolute atomic E-state index is 11.9. The summed E-state index contributed by atoms with van der Waals surface area (Å²) < 4.78 is 0. The van der Waals surface area contributed by atoms with Crippen molar-refractivity contribution in [3.8, 4) is 0 Å². The van der Waals surface area contributed by atoms with Crippen LogP contribution in [0.15, 0.2) is 18.2 Å². The molecule has 1 rings (SSSR count). The van der Waals surface area contributed by atoms with E-state index in [9.17, 15) is 19.8 Å². The third kappa shape index (κ3) is 6.20. The number of carbonyl (C=O) groups excluding carboxylic acids is 2. The van der Waals surface area contributed by atoms with E-state index in [0.29, 0.717) is 0 Å². The van der Waals surface area contributed by atoms with E-state index in [1.54, 1.807) is 0 Å². The fourth-order valence-corrected chi connectivity index (χ4v) is 1.67. The zero-order valence-electron chi connectivity index (χ0n) is 12.4. The number of carbonyl (C=O) groups is 2. The predicted molar refractivity (Wildman–Crippen MR) is 81.7 cm³/mol. The average Bonchev–Trinajstić information content (AvgIpc) is 2.55. The molecule has 0 saturated heterocycles. The number of amides is 2. The minimum Gasteiger partial charge on any atom is -0.399 e. The third-order valence-corrected chi connectivity index (χ3v) is 2.90. The minimum absolute atomic E-state index is 0.114. The second kappa shape index (κ2) is 9.06. The summed E-state index contributed by atoms with van der Waals surface area (Å²) in [5, 5.41) is 40.6. The van der Waals surface area contributed by atoms with E-state index >= 15 is 0 Å². The highest BCUT2D eigenvalue weighted by Crippen LogP contribution is 2.12. The molecule has 0 radical (unpaired) electrons. The van der Waals surface area contributed by atoms with E-state index in [-0.39, 0.29) is 29.9 Å². The quantitative estimate of drug-likeness (QED) is 0.258. The lowest BCUT2D eigenvalue weighted by Crippen LogP contribution is -2.35. The molecule has 1 aromatic carbocycles. The highest BCUT2D eigenvalue weighted by atomic mass is 16.3. The van der Waals surface area contributed by atoms with Gasteiger partial charge in [0.05, 0.1) is 25.4 Å². The molecule has 23 heavy (non-hydrogen) atoms. The van der Waals surface area contributed by atoms with Gasteiger partial charge in [-0.3, -0.25) is 9.59 Å². The fraction of sp³-hybridized carbons (Fsp3) is 0.429. The van der Waals surface area contributed by atoms with Gasteiger partial charge in [0.15, 0.2) is 0 Å². The van der Waals surface area contributed by atoms with Crippen LogP contribution in [0.25, 0.3) is 0 Å². The summed E-state index contributed by atoms with van der Waals surface area (Å²) in [6, 6.07) is 4.03. The second-order valence-corrected chi connectivity index (χ2v) is 4.94. The Labute approximate surface area is 132 Å². The molecule has 9 heteroatoms. The van der Waals surface area contributed by atoms with Crippen LogP contribution in [0.1, 0.15) is 20.7 Å². The van der Waals surface area contributed by atoms with Crippen molar-refractivity contribution in [3.63, 3.8) is 0 Å². The van der Waals surface area contributed by atoms with Crippen LogP contribution < -0.4 is 16.4 Å². The summed E-state index contributed by atoms with van der Waals surface area (Å²) in [5.74, 6) is -1.12. The fourth-order valence-electron chi connectivity index (χ4n) is 1.67. The van der Waals surface area contributed by atoms with Gasteiger partial charge in [-0.1, -0.05) is 0 Å². The maximum atomic E-state index is 11.9. The number of aliphatic hydroxyl groups is 4. The van der Waals surface area contributed by atoms with Crippen LogP contribution in [0.5, 0.6) is 0 Å². The molecule has 1 aromatic rings. The van der Waals surface area contributed by atoms with E-state index in [1.165, 1.54) is 18.2 Å². The summed E-state index contributed by atoms with van der Waals surface area (Å²) in [5.41, 5.74) is 6.08. The molecular weight excluding hydrogens is 306 g/mol. The van der Waals surface area contributed by atoms with Crippen molar-refractivity contribution in [2.45, 2.75) is 12.2 Å². The largest absolute Gasteiger partial charge is 0.399 e. The lowest BCUT2D eigenvalue weighted by molar-refractivity contribution is 0.0800. The highest BCUT2D eigenvalue weighted by Gasteiger charge is 2.14. The molecule has 0 bridgehead atoms. The zero-order valence-corrected chi connectivity index (χ0v) is 12.4. The maximum Gasteiger partial charge on any atom is 0.251 e. The Balaban J connectivity index is 2.78. The standard InChI is InChI=1S/C14H21N3O6/c15-10-2-8(13(22)16-4-11(20)6-18)1-9(3-10)14(23)17-5-12(21)7-19/h1-3,11-12,18-21H,4-7,15H2,(H,16,22)(H,17,23)/t11-,12-/m0/s1. The second-order valence-electron chi connectivity index (χ2n) is 4.94. The van der Waals surface area contributed by atoms with Crippen LogP contribution in [-0.4, -0.2) is 70.8 Å². The van der Waals surface area contributed by atoms with Gasteiger partial charge in [0.25, 0.3) is 11.8 Å². The Hall–Kier alpha value is -2.20. The van der Waals surface area contributed by atoms with E-state index in [4.69, 9.17) is 15.9 Å². The normalized spacial score (nSPS) is 13.2. The predicted octanol–water partition coefficient (Wildman–Crippen LogP) is -2.57. The number of hydrogen-bond acceptors (Lipinski definition) is 7. The molecule has 0 heterocycles. The molecule has 2 atom stereocenters. The van der Waals surface area contributed by atoms with Crippen LogP contribution in [0.4, 0.5) is 5.69 Å². The molecule has 0 aliphatic carbocycles. The smallest absolute Gasteiger partial charge is 0.251 e. The molecule has 8 N–H and O–H groups in total. The summed E-state index contributed by atoms with van der Waals surface area (Å²) in [6.45, 7) is -1.27. The van der Waals surface area contributed by atoms with Gasteiger partial charge in [0.1, 0.15) is 0 Å². The van der Waals surface area contributed by atoms with E-state index in [2.05, 4.69) is 10.6 Å². The number of hydrogen-bond donors (Lipinski definition) is 7. The third-order valence-electron chi connectivity index (χ3n) is 2.90. The van der Waals surface area contributed by atoms with Crippen molar-refractivity contribution in [3.05, 3.63) is 29.3 Å². The summed E-state index contributed by atoms with van der Waals surface area (Å²) >= 11 is 0. The molecule has 0 aliphatic rings. The van der Waals surface area contributed by atoms with Crippen molar-refractivity contribution in [1.82, 2.24) is 10.6 Å². The first kappa shape index (κ1) is 18.8. The summed E-state index contributed by atoms with van der Waals surface area (Å²) in [6.07, 6.45) is -2.16. The molecular formula is C14H21N3O6. The average molecular weight is 327 g/mol. The lowest BCUT2D eigenvalue weighted by Gasteiger charge is -2.12. The molecule has 2 amide bonds. The van der Waals surface area contributed by atoms with Crippen LogP contribution in [0.3, 0.4) is 0 Å². The van der Waals surface area contributed by atoms with Gasteiger partial charge in [-0.2, -0.15) is 0 Å². The molecule has 0 fully saturated rings. The van der Waals surface area contributed by atoms with Gasteiger partial charge in [0, 0.05) is 29.9 Å². The number of anilines is 1. The Morgan fingerprint density at radius 3 is 1.65 bits per heavy atom. The Kier molecular flexibility index (Phi) is 7.42. The van der Waals surface area contributed by atoms with Gasteiger partial charge >= 0.3 is 0 Å². The highest BCUT2D eigenvalue weighted by molar-refractivity contribution is 6.01. The zero-order chi connectivity index (χ0) is 17.4. The first-order valence-corrected chi connectivity index (χ1v) is 6.92. The molecule has 128 valence electrons. The monoisotopic (exact) mass is 327 g/mol. The van der Waals surface area contributed by atoms with Gasteiger partial charge < -0.3 is 36.8 Å². The van der Waals surface area contributed by atoms with Crippen LogP contribution in [0, 0.1) is 0 Å². The Morgan fingerprint density at radius 1 is 0.913 bits per heavy atom. The van der Waals surface area contributed by atoms with Gasteiger partial charge in [-0.15, -0.1) is 0 Å². The van der Waals surface area contributed by atoms with E-state index < -0.39 is 37.2 Å². The number of benzene rings is 1. The number of rotatable bonds is 8. The first-order chi connectivity index (χ1) is 10.9. The van der Waals surface area contributed by atoms with Crippen molar-refractivity contribution in [2.24, 2.45) is 0 Å². The van der Waals surface area contributed by atoms with E-state index in [0.717, 1.165) is 0 Å². The molecule has 0 spiro atoms. The van der Waals surface area contributed by atoms with Crippen LogP contribution >= 0.6 is 0 Å². The van der Waals surface area contributed by atoms with Crippen LogP contribution in [-0.2, 0) is 0 Å². The topological polar surface area (TPSA) is 165 Å². The lowest BCUT2D eigenvalue weighted by atomic mass is 10.1. The van der Waals surface area contributed by atoms with Gasteiger partial charge in [0.2, 0.25) is 0 Å². The minimum atomic E-state index is -1.08. The van der Waals surface area contributed by atoms with Crippen molar-refractivity contribution >= 4 is 17.5 Å². The first-order valence-electron chi connectivity index (χ1n) is 6.92. The number of nitrogens with one attached hydrogen (secondary N) is 2. The number of nitrogen functional groups attached to an aromatic ring is 1. The number of nitrogens with two attached hydrogens (primary N) is 1. The Morgan fingerprint density at radius 2 is 1.30 bits per heavy atom. The van der Waals surface area contributed by atoms with Crippen molar-refractivity contribution in [2.75, 3.05) is 32.0 Å². The van der Waals surface area contributed by atoms with Crippen molar-refractivity contribution in [1.29, 1.82) is 0 Å². The van der Waals surface area contributed by atoms with Crippen LogP contribution in [0.2, 0.25) is 0 Å². The molecule has 9 nitrogen and oxygen atoms in total. The summed E-state index contributed by atoms with van der Waals surface area (Å²) in [7, 11) is 0. The molecule has 0 aromatic heterocycles. The Bertz CT molecular complexity index is 507. The van der Waals surface area contributed by atoms with E-state index in [1.807, 2.05) is 0 Å².